The van der Waals surface area contributed by atoms with Crippen molar-refractivity contribution in [1.82, 2.24) is 9.78 Å². The third-order valence-electron chi connectivity index (χ3n) is 10.3. The maximum Gasteiger partial charge on any atom is 0.102 e. The second-order valence-electron chi connectivity index (χ2n) is 11.9. The maximum absolute atomic E-state index is 9.10. The standard InChI is InChI=1S/C29H45N3/c1-6-8-9-23-10-12-25-26-13-11-24(14-16-32-20-22(18-30)19-31-32)29(26,5)17-21(3)27(25)28(23,4)15-7-2/h19-20,23-27H,3,6-17H2,1-2,4-5H3. The third kappa shape index (κ3) is 3.97. The van der Waals surface area contributed by atoms with E-state index in [-0.39, 0.29) is 0 Å². The first kappa shape index (κ1) is 23.6. The van der Waals surface area contributed by atoms with Crippen molar-refractivity contribution in [3.63, 3.8) is 0 Å². The van der Waals surface area contributed by atoms with E-state index in [1.54, 1.807) is 11.8 Å². The molecule has 0 aliphatic heterocycles. The first-order chi connectivity index (χ1) is 15.4. The normalized spacial score (nSPS) is 38.8. The van der Waals surface area contributed by atoms with Crippen LogP contribution < -0.4 is 0 Å². The summed E-state index contributed by atoms with van der Waals surface area (Å²) in [7, 11) is 0. The topological polar surface area (TPSA) is 41.6 Å². The van der Waals surface area contributed by atoms with Crippen molar-refractivity contribution < 1.29 is 0 Å². The summed E-state index contributed by atoms with van der Waals surface area (Å²) < 4.78 is 1.98. The number of aryl methyl sites for hydroxylation is 1. The van der Waals surface area contributed by atoms with Crippen LogP contribution in [0.1, 0.15) is 104 Å². The van der Waals surface area contributed by atoms with E-state index in [0.29, 0.717) is 16.4 Å². The summed E-state index contributed by atoms with van der Waals surface area (Å²) >= 11 is 0. The lowest BCUT2D eigenvalue weighted by Crippen LogP contribution is -2.52. The molecule has 0 radical (unpaired) electrons. The highest BCUT2D eigenvalue weighted by atomic mass is 15.3. The fourth-order valence-electron chi connectivity index (χ4n) is 8.88. The summed E-state index contributed by atoms with van der Waals surface area (Å²) in [6, 6.07) is 2.20. The van der Waals surface area contributed by atoms with Crippen LogP contribution in [0.15, 0.2) is 24.5 Å². The maximum atomic E-state index is 9.10. The van der Waals surface area contributed by atoms with Gasteiger partial charge in [0.15, 0.2) is 0 Å². The minimum atomic E-state index is 0.396. The molecule has 7 unspecified atom stereocenters. The summed E-state index contributed by atoms with van der Waals surface area (Å²) in [6.07, 6.45) is 18.4. The minimum Gasteiger partial charge on any atom is -0.271 e. The quantitative estimate of drug-likeness (QED) is 0.391. The van der Waals surface area contributed by atoms with Gasteiger partial charge in [0.05, 0.1) is 11.8 Å². The number of hydrogen-bond acceptors (Lipinski definition) is 2. The molecule has 0 amide bonds. The number of hydrogen-bond donors (Lipinski definition) is 0. The van der Waals surface area contributed by atoms with Gasteiger partial charge in [-0.2, -0.15) is 10.4 Å². The van der Waals surface area contributed by atoms with Gasteiger partial charge in [0, 0.05) is 12.7 Å². The number of rotatable bonds is 8. The molecular formula is C29H45N3. The van der Waals surface area contributed by atoms with Crippen LogP contribution in [0, 0.1) is 51.8 Å². The molecule has 0 bridgehead atoms. The lowest BCUT2D eigenvalue weighted by Gasteiger charge is -2.60. The molecule has 4 rings (SSSR count). The second kappa shape index (κ2) is 9.36. The molecule has 3 aliphatic carbocycles. The van der Waals surface area contributed by atoms with Crippen molar-refractivity contribution >= 4 is 0 Å². The summed E-state index contributed by atoms with van der Waals surface area (Å²) in [5.74, 6) is 4.07. The van der Waals surface area contributed by atoms with Gasteiger partial charge in [0.25, 0.3) is 0 Å². The first-order valence-corrected chi connectivity index (χ1v) is 13.5. The zero-order chi connectivity index (χ0) is 22.9. The molecule has 3 nitrogen and oxygen atoms in total. The number of nitriles is 1. The molecule has 0 spiro atoms. The van der Waals surface area contributed by atoms with Crippen molar-refractivity contribution in [2.75, 3.05) is 0 Å². The monoisotopic (exact) mass is 435 g/mol. The van der Waals surface area contributed by atoms with Crippen LogP contribution in [0.25, 0.3) is 0 Å². The zero-order valence-electron chi connectivity index (χ0n) is 21.1. The van der Waals surface area contributed by atoms with Gasteiger partial charge in [0.2, 0.25) is 0 Å². The number of nitrogens with zero attached hydrogens (tertiary/aromatic N) is 3. The highest BCUT2D eigenvalue weighted by molar-refractivity contribution is 5.23. The summed E-state index contributed by atoms with van der Waals surface area (Å²) in [4.78, 5) is 0. The van der Waals surface area contributed by atoms with Crippen molar-refractivity contribution in [3.05, 3.63) is 30.1 Å². The van der Waals surface area contributed by atoms with E-state index in [0.717, 1.165) is 36.1 Å². The van der Waals surface area contributed by atoms with Crippen LogP contribution in [0.4, 0.5) is 0 Å². The summed E-state index contributed by atoms with van der Waals surface area (Å²) in [6.45, 7) is 15.7. The second-order valence-corrected chi connectivity index (χ2v) is 11.9. The van der Waals surface area contributed by atoms with E-state index in [1.807, 2.05) is 10.9 Å². The molecule has 7 atom stereocenters. The van der Waals surface area contributed by atoms with E-state index in [9.17, 15) is 0 Å². The lowest BCUT2D eigenvalue weighted by atomic mass is 9.44. The van der Waals surface area contributed by atoms with Gasteiger partial charge in [0.1, 0.15) is 6.07 Å². The zero-order valence-corrected chi connectivity index (χ0v) is 21.1. The van der Waals surface area contributed by atoms with Gasteiger partial charge in [-0.25, -0.2) is 0 Å². The van der Waals surface area contributed by atoms with E-state index < -0.39 is 0 Å². The van der Waals surface area contributed by atoms with Crippen molar-refractivity contribution in [1.29, 1.82) is 5.26 Å². The van der Waals surface area contributed by atoms with Crippen molar-refractivity contribution in [2.24, 2.45) is 40.4 Å². The molecule has 0 N–H and O–H groups in total. The largest absolute Gasteiger partial charge is 0.271 e. The Balaban J connectivity index is 1.52. The SMILES string of the molecule is C=C1CC2(C)C(CCn3cc(C#N)cn3)CCC2C2CCC(CCCC)C(C)(CCC)C12. The fraction of sp³-hybridized carbons (Fsp3) is 0.793. The van der Waals surface area contributed by atoms with Crippen LogP contribution >= 0.6 is 0 Å². The highest BCUT2D eigenvalue weighted by Gasteiger charge is 2.60. The van der Waals surface area contributed by atoms with Crippen molar-refractivity contribution in [3.8, 4) is 6.07 Å². The first-order valence-electron chi connectivity index (χ1n) is 13.5. The molecular weight excluding hydrogens is 390 g/mol. The summed E-state index contributed by atoms with van der Waals surface area (Å²) in [5.41, 5.74) is 3.10. The molecule has 0 saturated heterocycles. The molecule has 1 heterocycles. The Labute approximate surface area is 196 Å². The number of allylic oxidation sites excluding steroid dienone is 1. The smallest absolute Gasteiger partial charge is 0.102 e. The average Bonchev–Trinajstić information content (AvgIpc) is 3.35. The number of unbranched alkanes of at least 4 members (excludes halogenated alkanes) is 1. The molecule has 1 aromatic heterocycles. The molecule has 3 heteroatoms. The van der Waals surface area contributed by atoms with Gasteiger partial charge in [-0.15, -0.1) is 0 Å². The van der Waals surface area contributed by atoms with Gasteiger partial charge < -0.3 is 0 Å². The van der Waals surface area contributed by atoms with E-state index in [4.69, 9.17) is 11.8 Å². The van der Waals surface area contributed by atoms with Crippen LogP contribution in [0.5, 0.6) is 0 Å². The fourth-order valence-corrected chi connectivity index (χ4v) is 8.88. The molecule has 3 fully saturated rings. The van der Waals surface area contributed by atoms with Gasteiger partial charge >= 0.3 is 0 Å². The van der Waals surface area contributed by atoms with Crippen LogP contribution in [-0.4, -0.2) is 9.78 Å². The molecule has 3 saturated carbocycles. The molecule has 176 valence electrons. The number of fused-ring (bicyclic) bond motifs is 3. The van der Waals surface area contributed by atoms with Gasteiger partial charge in [-0.05, 0) is 91.8 Å². The Bertz CT molecular complexity index is 847. The van der Waals surface area contributed by atoms with Crippen molar-refractivity contribution in [2.45, 2.75) is 105 Å². The Hall–Kier alpha value is -1.56. The van der Waals surface area contributed by atoms with E-state index >= 15 is 0 Å². The Morgan fingerprint density at radius 1 is 1.12 bits per heavy atom. The molecule has 0 aromatic carbocycles. The van der Waals surface area contributed by atoms with E-state index in [2.05, 4.69) is 38.9 Å². The molecule has 3 aliphatic rings. The Kier molecular flexibility index (Phi) is 6.90. The molecule has 1 aromatic rings. The Morgan fingerprint density at radius 3 is 2.59 bits per heavy atom. The van der Waals surface area contributed by atoms with Crippen LogP contribution in [-0.2, 0) is 6.54 Å². The lowest BCUT2D eigenvalue weighted by molar-refractivity contribution is -0.0710. The van der Waals surface area contributed by atoms with Crippen LogP contribution in [0.3, 0.4) is 0 Å². The summed E-state index contributed by atoms with van der Waals surface area (Å²) in [5, 5.41) is 13.5. The van der Waals surface area contributed by atoms with Crippen LogP contribution in [0.2, 0.25) is 0 Å². The predicted molar refractivity (Wildman–Crippen MR) is 132 cm³/mol. The minimum absolute atomic E-state index is 0.396. The highest BCUT2D eigenvalue weighted by Crippen LogP contribution is 2.68. The predicted octanol–water partition coefficient (Wildman–Crippen LogP) is 7.78. The van der Waals surface area contributed by atoms with Gasteiger partial charge in [-0.3, -0.25) is 4.68 Å². The average molecular weight is 436 g/mol. The van der Waals surface area contributed by atoms with Gasteiger partial charge in [-0.1, -0.05) is 59.1 Å². The Morgan fingerprint density at radius 2 is 1.91 bits per heavy atom. The number of aromatic nitrogens is 2. The molecule has 32 heavy (non-hydrogen) atoms. The van der Waals surface area contributed by atoms with E-state index in [1.165, 1.54) is 70.6 Å². The third-order valence-corrected chi connectivity index (χ3v) is 10.3.